The Hall–Kier alpha value is -1.00. The van der Waals surface area contributed by atoms with E-state index in [1.54, 1.807) is 29.2 Å². The minimum atomic E-state index is -3.67. The number of nitrogens with zero attached hydrogens (tertiary/aromatic N) is 4. The van der Waals surface area contributed by atoms with Gasteiger partial charge in [-0.15, -0.1) is 0 Å². The van der Waals surface area contributed by atoms with Gasteiger partial charge in [0.05, 0.1) is 11.4 Å². The van der Waals surface area contributed by atoms with E-state index < -0.39 is 10.0 Å². The number of amides is 1. The summed E-state index contributed by atoms with van der Waals surface area (Å²) in [5.41, 5.74) is 0. The van der Waals surface area contributed by atoms with Crippen LogP contribution >= 0.6 is 15.9 Å². The van der Waals surface area contributed by atoms with Crippen LogP contribution in [0.2, 0.25) is 0 Å². The van der Waals surface area contributed by atoms with Gasteiger partial charge < -0.3 is 9.80 Å². The largest absolute Gasteiger partial charge is 0.339 e. The fourth-order valence-electron chi connectivity index (χ4n) is 3.67. The molecular weight excluding hydrogens is 444 g/mol. The number of piperazine rings is 1. The van der Waals surface area contributed by atoms with Crippen LogP contribution in [0.3, 0.4) is 0 Å². The van der Waals surface area contributed by atoms with Crippen LogP contribution in [-0.2, 0) is 14.8 Å². The van der Waals surface area contributed by atoms with Gasteiger partial charge in [0, 0.05) is 50.8 Å². The van der Waals surface area contributed by atoms with Crippen LogP contribution in [0.15, 0.2) is 33.6 Å². The Morgan fingerprint density at radius 2 is 1.50 bits per heavy atom. The van der Waals surface area contributed by atoms with Crippen molar-refractivity contribution in [3.8, 4) is 0 Å². The van der Waals surface area contributed by atoms with E-state index in [2.05, 4.69) is 25.7 Å². The molecule has 2 aliphatic heterocycles. The fourth-order valence-corrected chi connectivity index (χ4v) is 5.06. The number of halogens is 1. The molecule has 9 heteroatoms. The quantitative estimate of drug-likeness (QED) is 0.598. The first-order valence-corrected chi connectivity index (χ1v) is 12.0. The molecule has 3 rings (SSSR count). The molecule has 0 saturated carbocycles. The summed E-state index contributed by atoms with van der Waals surface area (Å²) >= 11 is 3.30. The van der Waals surface area contributed by atoms with Gasteiger partial charge in [-0.1, -0.05) is 15.9 Å². The first-order valence-electron chi connectivity index (χ1n) is 9.80. The van der Waals surface area contributed by atoms with Crippen molar-refractivity contribution >= 4 is 31.9 Å². The van der Waals surface area contributed by atoms with Gasteiger partial charge >= 0.3 is 0 Å². The van der Waals surface area contributed by atoms with Crippen molar-refractivity contribution in [3.05, 3.63) is 28.7 Å². The highest BCUT2D eigenvalue weighted by Gasteiger charge is 2.27. The van der Waals surface area contributed by atoms with Gasteiger partial charge in [-0.2, -0.15) is 4.31 Å². The molecule has 7 nitrogen and oxygen atoms in total. The predicted molar refractivity (Wildman–Crippen MR) is 113 cm³/mol. The fraction of sp³-hybridized carbons (Fsp3) is 0.632. The summed E-state index contributed by atoms with van der Waals surface area (Å²) in [7, 11) is -2.21. The van der Waals surface area contributed by atoms with Gasteiger partial charge in [0.1, 0.15) is 0 Å². The SMILES string of the molecule is CN(CC(=O)N1CCN(CCN2CCCC2)CC1)S(=O)(=O)c1ccc(Br)cc1. The van der Waals surface area contributed by atoms with Crippen LogP contribution in [-0.4, -0.2) is 99.3 Å². The normalized spacial score (nSPS) is 19.5. The van der Waals surface area contributed by atoms with Crippen LogP contribution in [0, 0.1) is 0 Å². The number of carbonyl (C=O) groups is 1. The van der Waals surface area contributed by atoms with E-state index in [0.29, 0.717) is 13.1 Å². The molecule has 2 aliphatic rings. The number of likely N-dealkylation sites (N-methyl/N-ethyl adjacent to an activating group) is 1. The summed E-state index contributed by atoms with van der Waals surface area (Å²) in [6.07, 6.45) is 2.61. The Bertz CT molecular complexity index is 758. The molecule has 2 saturated heterocycles. The molecule has 0 radical (unpaired) electrons. The van der Waals surface area contributed by atoms with Crippen molar-refractivity contribution in [2.75, 3.05) is 66.0 Å². The summed E-state index contributed by atoms with van der Waals surface area (Å²) in [5, 5.41) is 0. The smallest absolute Gasteiger partial charge is 0.243 e. The lowest BCUT2D eigenvalue weighted by Gasteiger charge is -2.36. The minimum Gasteiger partial charge on any atom is -0.339 e. The van der Waals surface area contributed by atoms with Crippen molar-refractivity contribution in [1.82, 2.24) is 19.0 Å². The van der Waals surface area contributed by atoms with Gasteiger partial charge in [-0.05, 0) is 50.2 Å². The van der Waals surface area contributed by atoms with Gasteiger partial charge in [-0.3, -0.25) is 9.69 Å². The second kappa shape index (κ2) is 9.67. The average molecular weight is 473 g/mol. The van der Waals surface area contributed by atoms with E-state index in [0.717, 1.165) is 35.0 Å². The zero-order valence-corrected chi connectivity index (χ0v) is 18.8. The van der Waals surface area contributed by atoms with E-state index in [-0.39, 0.29) is 17.3 Å². The molecule has 1 amide bonds. The number of rotatable bonds is 7. The molecule has 0 aliphatic carbocycles. The maximum absolute atomic E-state index is 12.7. The van der Waals surface area contributed by atoms with Gasteiger partial charge in [0.2, 0.25) is 15.9 Å². The number of hydrogen-bond donors (Lipinski definition) is 0. The van der Waals surface area contributed by atoms with Gasteiger partial charge in [0.25, 0.3) is 0 Å². The first kappa shape index (κ1) is 21.7. The molecule has 0 atom stereocenters. The van der Waals surface area contributed by atoms with Crippen molar-refractivity contribution < 1.29 is 13.2 Å². The number of likely N-dealkylation sites (tertiary alicyclic amines) is 1. The standard InChI is InChI=1S/C19H29BrN4O3S/c1-21(28(26,27)18-6-4-17(20)5-7-18)16-19(25)24-14-12-23(13-15-24)11-10-22-8-2-3-9-22/h4-7H,2-3,8-16H2,1H3. The summed E-state index contributed by atoms with van der Waals surface area (Å²) in [4.78, 5) is 19.5. The summed E-state index contributed by atoms with van der Waals surface area (Å²) in [6.45, 7) is 7.44. The molecular formula is C19H29BrN4O3S. The summed E-state index contributed by atoms with van der Waals surface area (Å²) < 4.78 is 27.3. The number of sulfonamides is 1. The molecule has 2 fully saturated rings. The molecule has 0 aromatic heterocycles. The Morgan fingerprint density at radius 3 is 2.07 bits per heavy atom. The topological polar surface area (TPSA) is 64.2 Å². The monoisotopic (exact) mass is 472 g/mol. The van der Waals surface area contributed by atoms with Crippen LogP contribution in [0.5, 0.6) is 0 Å². The van der Waals surface area contributed by atoms with Crippen molar-refractivity contribution in [3.63, 3.8) is 0 Å². The lowest BCUT2D eigenvalue weighted by atomic mass is 10.3. The third-order valence-corrected chi connectivity index (χ3v) is 7.88. The number of carbonyl (C=O) groups excluding carboxylic acids is 1. The molecule has 1 aromatic rings. The third-order valence-electron chi connectivity index (χ3n) is 5.54. The van der Waals surface area contributed by atoms with E-state index in [1.807, 2.05) is 0 Å². The lowest BCUT2D eigenvalue weighted by Crippen LogP contribution is -2.52. The molecule has 0 unspecified atom stereocenters. The van der Waals surface area contributed by atoms with Gasteiger partial charge in [0.15, 0.2) is 0 Å². The Labute approximate surface area is 176 Å². The maximum Gasteiger partial charge on any atom is 0.243 e. The number of hydrogen-bond acceptors (Lipinski definition) is 5. The lowest BCUT2D eigenvalue weighted by molar-refractivity contribution is -0.133. The van der Waals surface area contributed by atoms with E-state index in [4.69, 9.17) is 0 Å². The van der Waals surface area contributed by atoms with Crippen LogP contribution in [0.25, 0.3) is 0 Å². The molecule has 2 heterocycles. The van der Waals surface area contributed by atoms with E-state index in [9.17, 15) is 13.2 Å². The van der Waals surface area contributed by atoms with Crippen molar-refractivity contribution in [2.45, 2.75) is 17.7 Å². The Morgan fingerprint density at radius 1 is 0.964 bits per heavy atom. The summed E-state index contributed by atoms with van der Waals surface area (Å²) in [5.74, 6) is -0.137. The molecule has 1 aromatic carbocycles. The third kappa shape index (κ3) is 5.54. The van der Waals surface area contributed by atoms with Crippen molar-refractivity contribution in [2.24, 2.45) is 0 Å². The average Bonchev–Trinajstić information content (AvgIpc) is 3.20. The highest BCUT2D eigenvalue weighted by Crippen LogP contribution is 2.18. The second-order valence-electron chi connectivity index (χ2n) is 7.49. The predicted octanol–water partition coefficient (Wildman–Crippen LogP) is 1.31. The van der Waals surface area contributed by atoms with Crippen LogP contribution in [0.4, 0.5) is 0 Å². The Balaban J connectivity index is 1.46. The molecule has 156 valence electrons. The maximum atomic E-state index is 12.7. The Kier molecular flexibility index (Phi) is 7.49. The van der Waals surface area contributed by atoms with Crippen molar-refractivity contribution in [1.29, 1.82) is 0 Å². The molecule has 0 spiro atoms. The highest BCUT2D eigenvalue weighted by molar-refractivity contribution is 9.10. The summed E-state index contributed by atoms with van der Waals surface area (Å²) in [6, 6.07) is 6.45. The van der Waals surface area contributed by atoms with Gasteiger partial charge in [-0.25, -0.2) is 8.42 Å². The number of benzene rings is 1. The second-order valence-corrected chi connectivity index (χ2v) is 10.4. The van der Waals surface area contributed by atoms with E-state index in [1.165, 1.54) is 33.0 Å². The molecule has 28 heavy (non-hydrogen) atoms. The first-order chi connectivity index (χ1) is 13.4. The molecule has 0 N–H and O–H groups in total. The zero-order valence-electron chi connectivity index (χ0n) is 16.4. The molecule has 0 bridgehead atoms. The van der Waals surface area contributed by atoms with Crippen LogP contribution in [0.1, 0.15) is 12.8 Å². The van der Waals surface area contributed by atoms with E-state index >= 15 is 0 Å². The zero-order chi connectivity index (χ0) is 20.1. The minimum absolute atomic E-state index is 0.133. The van der Waals surface area contributed by atoms with Crippen LogP contribution < -0.4 is 0 Å². The highest BCUT2D eigenvalue weighted by atomic mass is 79.9.